The van der Waals surface area contributed by atoms with Crippen LogP contribution >= 0.6 is 0 Å². The van der Waals surface area contributed by atoms with Gasteiger partial charge in [0.1, 0.15) is 12.4 Å². The number of ketones is 1. The first-order valence-corrected chi connectivity index (χ1v) is 13.1. The van der Waals surface area contributed by atoms with Crippen LogP contribution in [0.15, 0.2) is 66.7 Å². The topological polar surface area (TPSA) is 46.6 Å². The van der Waals surface area contributed by atoms with Crippen LogP contribution in [0.2, 0.25) is 0 Å². The summed E-state index contributed by atoms with van der Waals surface area (Å²) in [5, 5.41) is 0. The lowest BCUT2D eigenvalue weighted by Gasteiger charge is -2.47. The number of carbonyl (C=O) groups excluding carboxylic acids is 2. The fourth-order valence-electron chi connectivity index (χ4n) is 6.63. The Bertz CT molecular complexity index is 1300. The maximum absolute atomic E-state index is 14.1. The molecule has 6 heteroatoms. The minimum Gasteiger partial charge on any atom is -0.448 e. The number of carbonyl (C=O) groups is 2. The number of fused-ring (bicyclic) bond motifs is 5. The summed E-state index contributed by atoms with van der Waals surface area (Å²) in [6, 6.07) is 20.3. The molecule has 2 unspecified atom stereocenters. The van der Waals surface area contributed by atoms with Crippen molar-refractivity contribution < 1.29 is 23.1 Å². The number of benzene rings is 3. The molecule has 2 atom stereocenters. The Labute approximate surface area is 215 Å². The third-order valence-electron chi connectivity index (χ3n) is 8.37. The van der Waals surface area contributed by atoms with Gasteiger partial charge in [-0.2, -0.15) is 0 Å². The largest absolute Gasteiger partial charge is 0.448 e. The fourth-order valence-corrected chi connectivity index (χ4v) is 6.63. The van der Waals surface area contributed by atoms with Gasteiger partial charge in [-0.25, -0.2) is 13.6 Å². The van der Waals surface area contributed by atoms with Crippen LogP contribution < -0.4 is 0 Å². The summed E-state index contributed by atoms with van der Waals surface area (Å²) in [6.07, 6.45) is 3.27. The molecule has 190 valence electrons. The third kappa shape index (κ3) is 4.32. The molecule has 0 radical (unpaired) electrons. The van der Waals surface area contributed by atoms with Gasteiger partial charge in [0.25, 0.3) is 0 Å². The molecule has 1 amide bonds. The number of rotatable bonds is 5. The molecule has 2 fully saturated rings. The van der Waals surface area contributed by atoms with E-state index in [1.807, 2.05) is 29.2 Å². The zero-order chi connectivity index (χ0) is 25.5. The van der Waals surface area contributed by atoms with Crippen molar-refractivity contribution in [1.82, 2.24) is 4.90 Å². The molecule has 4 nitrogen and oxygen atoms in total. The number of nitrogens with zero attached hydrogens (tertiary/aromatic N) is 1. The molecular formula is C31H29F2NO3. The standard InChI is InChI=1S/C31H29F2NO3/c32-28-14-5-7-19(30(28)33)17-29(35)20-15-21-8-6-9-22(16-20)34(21)31(36)37-18-27-25-12-3-1-10-23(25)24-11-2-4-13-26(24)27/h1-5,7,10-14,20-22,27H,6,8-9,15-18H2. The molecule has 2 aliphatic heterocycles. The number of piperidine rings is 2. The number of hydrogen-bond donors (Lipinski definition) is 0. The number of halogens is 2. The SMILES string of the molecule is O=C(Cc1cccc(F)c1F)C1CC2CCCC(C1)N2C(=O)OCC1c2ccccc2-c2ccccc21. The maximum Gasteiger partial charge on any atom is 0.410 e. The summed E-state index contributed by atoms with van der Waals surface area (Å²) in [5.41, 5.74) is 4.81. The van der Waals surface area contributed by atoms with E-state index in [4.69, 9.17) is 4.74 Å². The Hall–Kier alpha value is -3.54. The minimum absolute atomic E-state index is 0.00327. The molecule has 0 spiro atoms. The Kier molecular flexibility index (Phi) is 6.27. The Morgan fingerprint density at radius 2 is 1.46 bits per heavy atom. The number of Topliss-reactive ketones (excluding diaryl/α,β-unsaturated/α-hetero) is 1. The van der Waals surface area contributed by atoms with E-state index in [2.05, 4.69) is 24.3 Å². The Balaban J connectivity index is 1.14. The van der Waals surface area contributed by atoms with Gasteiger partial charge in [0, 0.05) is 30.3 Å². The van der Waals surface area contributed by atoms with Crippen molar-refractivity contribution in [2.45, 2.75) is 56.5 Å². The van der Waals surface area contributed by atoms with Crippen LogP contribution in [0.5, 0.6) is 0 Å². The quantitative estimate of drug-likeness (QED) is 0.393. The first kappa shape index (κ1) is 23.8. The van der Waals surface area contributed by atoms with Gasteiger partial charge in [0.15, 0.2) is 11.6 Å². The minimum atomic E-state index is -0.952. The Morgan fingerprint density at radius 1 is 0.838 bits per heavy atom. The van der Waals surface area contributed by atoms with E-state index in [9.17, 15) is 18.4 Å². The van der Waals surface area contributed by atoms with Gasteiger partial charge in [0.2, 0.25) is 0 Å². The first-order chi connectivity index (χ1) is 18.0. The van der Waals surface area contributed by atoms with Gasteiger partial charge in [-0.1, -0.05) is 60.7 Å². The van der Waals surface area contributed by atoms with E-state index in [0.29, 0.717) is 12.8 Å². The van der Waals surface area contributed by atoms with Crippen molar-refractivity contribution in [1.29, 1.82) is 0 Å². The second kappa shape index (κ2) is 9.73. The van der Waals surface area contributed by atoms with Crippen molar-refractivity contribution in [2.75, 3.05) is 6.61 Å². The average Bonchev–Trinajstić information content (AvgIpc) is 3.23. The molecule has 3 aromatic rings. The summed E-state index contributed by atoms with van der Waals surface area (Å²) >= 11 is 0. The van der Waals surface area contributed by atoms with Gasteiger partial charge < -0.3 is 9.64 Å². The normalized spacial score (nSPS) is 22.3. The van der Waals surface area contributed by atoms with Crippen molar-refractivity contribution >= 4 is 11.9 Å². The molecule has 1 aliphatic carbocycles. The summed E-state index contributed by atoms with van der Waals surface area (Å²) in [6.45, 7) is 0.268. The van der Waals surface area contributed by atoms with Gasteiger partial charge in [-0.3, -0.25) is 4.79 Å². The predicted octanol–water partition coefficient (Wildman–Crippen LogP) is 6.66. The van der Waals surface area contributed by atoms with Crippen LogP contribution in [0, 0.1) is 17.6 Å². The molecule has 3 aromatic carbocycles. The summed E-state index contributed by atoms with van der Waals surface area (Å²) in [7, 11) is 0. The van der Waals surface area contributed by atoms with Crippen molar-refractivity contribution in [3.8, 4) is 11.1 Å². The highest BCUT2D eigenvalue weighted by Crippen LogP contribution is 2.45. The van der Waals surface area contributed by atoms with Gasteiger partial charge in [0.05, 0.1) is 0 Å². The van der Waals surface area contributed by atoms with E-state index in [-0.39, 0.29) is 54.4 Å². The van der Waals surface area contributed by atoms with Crippen LogP contribution in [-0.2, 0) is 16.0 Å². The fraction of sp³-hybridized carbons (Fsp3) is 0.355. The summed E-state index contributed by atoms with van der Waals surface area (Å²) in [4.78, 5) is 28.3. The van der Waals surface area contributed by atoms with Crippen LogP contribution in [0.25, 0.3) is 11.1 Å². The molecule has 0 aromatic heterocycles. The van der Waals surface area contributed by atoms with Crippen molar-refractivity contribution in [3.63, 3.8) is 0 Å². The van der Waals surface area contributed by atoms with Crippen molar-refractivity contribution in [2.24, 2.45) is 5.92 Å². The molecule has 2 heterocycles. The zero-order valence-corrected chi connectivity index (χ0v) is 20.5. The number of ether oxygens (including phenoxy) is 1. The second-order valence-corrected chi connectivity index (χ2v) is 10.5. The molecule has 2 saturated heterocycles. The van der Waals surface area contributed by atoms with Crippen LogP contribution in [0.1, 0.15) is 54.7 Å². The van der Waals surface area contributed by atoms with Gasteiger partial charge in [-0.15, -0.1) is 0 Å². The maximum atomic E-state index is 14.1. The van der Waals surface area contributed by atoms with E-state index in [0.717, 1.165) is 25.3 Å². The second-order valence-electron chi connectivity index (χ2n) is 10.5. The zero-order valence-electron chi connectivity index (χ0n) is 20.5. The van der Waals surface area contributed by atoms with E-state index in [1.54, 1.807) is 0 Å². The smallest absolute Gasteiger partial charge is 0.410 e. The molecule has 0 saturated carbocycles. The Morgan fingerprint density at radius 3 is 2.11 bits per heavy atom. The van der Waals surface area contributed by atoms with Crippen LogP contribution in [-0.4, -0.2) is 35.5 Å². The lowest BCUT2D eigenvalue weighted by atomic mass is 9.76. The first-order valence-electron chi connectivity index (χ1n) is 13.1. The molecule has 2 bridgehead atoms. The number of amides is 1. The molecule has 3 aliphatic rings. The molecule has 0 N–H and O–H groups in total. The molecule has 6 rings (SSSR count). The monoisotopic (exact) mass is 501 g/mol. The van der Waals surface area contributed by atoms with Gasteiger partial charge in [-0.05, 0) is 66.0 Å². The highest BCUT2D eigenvalue weighted by atomic mass is 19.2. The average molecular weight is 502 g/mol. The van der Waals surface area contributed by atoms with Crippen molar-refractivity contribution in [3.05, 3.63) is 95.1 Å². The molecular weight excluding hydrogens is 472 g/mol. The molecule has 37 heavy (non-hydrogen) atoms. The lowest BCUT2D eigenvalue weighted by molar-refractivity contribution is -0.126. The highest BCUT2D eigenvalue weighted by molar-refractivity contribution is 5.84. The van der Waals surface area contributed by atoms with E-state index >= 15 is 0 Å². The lowest BCUT2D eigenvalue weighted by Crippen LogP contribution is -2.56. The van der Waals surface area contributed by atoms with E-state index < -0.39 is 11.6 Å². The summed E-state index contributed by atoms with van der Waals surface area (Å²) in [5.74, 6) is -2.25. The number of hydrogen-bond acceptors (Lipinski definition) is 3. The highest BCUT2D eigenvalue weighted by Gasteiger charge is 2.44. The van der Waals surface area contributed by atoms with Crippen LogP contribution in [0.3, 0.4) is 0 Å². The van der Waals surface area contributed by atoms with Crippen LogP contribution in [0.4, 0.5) is 13.6 Å². The summed E-state index contributed by atoms with van der Waals surface area (Å²) < 4.78 is 33.7. The third-order valence-corrected chi connectivity index (χ3v) is 8.37. The van der Waals surface area contributed by atoms with Gasteiger partial charge >= 0.3 is 6.09 Å². The predicted molar refractivity (Wildman–Crippen MR) is 136 cm³/mol. The van der Waals surface area contributed by atoms with E-state index in [1.165, 1.54) is 34.4 Å².